The summed E-state index contributed by atoms with van der Waals surface area (Å²) in [5, 5.41) is 5.74. The number of nitrogens with one attached hydrogen (secondary N) is 2. The Morgan fingerprint density at radius 1 is 1.47 bits per heavy atom. The normalized spacial score (nSPS) is 9.73. The lowest BCUT2D eigenvalue weighted by molar-refractivity contribution is 0.0937. The van der Waals surface area contributed by atoms with Crippen LogP contribution in [0.5, 0.6) is 0 Å². The number of methoxy groups -OCH3 is 1. The Bertz CT molecular complexity index is 326. The average Bonchev–Trinajstić information content (AvgIpc) is 2.29. The first-order chi connectivity index (χ1) is 7.27. The third kappa shape index (κ3) is 3.59. The van der Waals surface area contributed by atoms with Gasteiger partial charge in [0.15, 0.2) is 0 Å². The molecule has 0 radical (unpaired) electrons. The van der Waals surface area contributed by atoms with Crippen molar-refractivity contribution in [2.45, 2.75) is 0 Å². The van der Waals surface area contributed by atoms with E-state index in [-0.39, 0.29) is 5.91 Å². The van der Waals surface area contributed by atoms with Crippen molar-refractivity contribution in [1.82, 2.24) is 5.32 Å². The van der Waals surface area contributed by atoms with Crippen LogP contribution in [0, 0.1) is 0 Å². The van der Waals surface area contributed by atoms with Gasteiger partial charge >= 0.3 is 0 Å². The maximum absolute atomic E-state index is 11.6. The van der Waals surface area contributed by atoms with Crippen molar-refractivity contribution in [3.63, 3.8) is 0 Å². The van der Waals surface area contributed by atoms with Crippen molar-refractivity contribution in [1.29, 1.82) is 0 Å². The van der Waals surface area contributed by atoms with E-state index in [2.05, 4.69) is 10.6 Å². The lowest BCUT2D eigenvalue weighted by atomic mass is 10.2. The van der Waals surface area contributed by atoms with Gasteiger partial charge in [0.1, 0.15) is 0 Å². The zero-order valence-corrected chi connectivity index (χ0v) is 9.04. The van der Waals surface area contributed by atoms with Gasteiger partial charge in [0.25, 0.3) is 5.91 Å². The van der Waals surface area contributed by atoms with E-state index in [1.807, 2.05) is 25.2 Å². The number of hydrogen-bond acceptors (Lipinski definition) is 3. The molecular formula is C11H16N2O2. The zero-order chi connectivity index (χ0) is 11.1. The summed E-state index contributed by atoms with van der Waals surface area (Å²) in [6.45, 7) is 1.05. The van der Waals surface area contributed by atoms with Crippen LogP contribution in [0.3, 0.4) is 0 Å². The zero-order valence-electron chi connectivity index (χ0n) is 9.04. The number of carbonyl (C=O) groups excluding carboxylic acids is 1. The van der Waals surface area contributed by atoms with Gasteiger partial charge in [-0.25, -0.2) is 0 Å². The molecule has 0 aliphatic heterocycles. The van der Waals surface area contributed by atoms with Crippen LogP contribution >= 0.6 is 0 Å². The summed E-state index contributed by atoms with van der Waals surface area (Å²) in [5.74, 6) is -0.0795. The van der Waals surface area contributed by atoms with E-state index < -0.39 is 0 Å². The minimum absolute atomic E-state index is 0.0795. The predicted octanol–water partition coefficient (Wildman–Crippen LogP) is 1.10. The standard InChI is InChI=1S/C11H16N2O2/c1-12-10-5-3-4-9(8-10)11(14)13-6-7-15-2/h3-5,8,12H,6-7H2,1-2H3,(H,13,14). The van der Waals surface area contributed by atoms with Crippen molar-refractivity contribution in [2.24, 2.45) is 0 Å². The Hall–Kier alpha value is -1.55. The van der Waals surface area contributed by atoms with Crippen LogP contribution < -0.4 is 10.6 Å². The Morgan fingerprint density at radius 3 is 2.93 bits per heavy atom. The molecule has 0 unspecified atom stereocenters. The van der Waals surface area contributed by atoms with E-state index in [0.717, 1.165) is 5.69 Å². The molecule has 1 aromatic carbocycles. The number of hydrogen-bond donors (Lipinski definition) is 2. The topological polar surface area (TPSA) is 50.4 Å². The first kappa shape index (κ1) is 11.5. The Labute approximate surface area is 89.6 Å². The molecule has 82 valence electrons. The molecule has 0 aliphatic carbocycles. The highest BCUT2D eigenvalue weighted by atomic mass is 16.5. The number of anilines is 1. The van der Waals surface area contributed by atoms with Crippen LogP contribution in [0.1, 0.15) is 10.4 Å². The van der Waals surface area contributed by atoms with Gasteiger partial charge in [0.05, 0.1) is 6.61 Å². The second-order valence-electron chi connectivity index (χ2n) is 3.08. The van der Waals surface area contributed by atoms with Gasteiger partial charge < -0.3 is 15.4 Å². The van der Waals surface area contributed by atoms with Gasteiger partial charge in [-0.2, -0.15) is 0 Å². The molecule has 4 nitrogen and oxygen atoms in total. The molecule has 0 atom stereocenters. The highest BCUT2D eigenvalue weighted by Gasteiger charge is 2.04. The van der Waals surface area contributed by atoms with Crippen molar-refractivity contribution in [3.8, 4) is 0 Å². The highest BCUT2D eigenvalue weighted by Crippen LogP contribution is 2.09. The van der Waals surface area contributed by atoms with Gasteiger partial charge in [0.2, 0.25) is 0 Å². The summed E-state index contributed by atoms with van der Waals surface area (Å²) >= 11 is 0. The van der Waals surface area contributed by atoms with Gasteiger partial charge in [-0.15, -0.1) is 0 Å². The van der Waals surface area contributed by atoms with Gasteiger partial charge in [0, 0.05) is 32.0 Å². The van der Waals surface area contributed by atoms with Gasteiger partial charge in [-0.05, 0) is 18.2 Å². The fourth-order valence-corrected chi connectivity index (χ4v) is 1.18. The molecule has 0 aliphatic rings. The number of rotatable bonds is 5. The minimum atomic E-state index is -0.0795. The summed E-state index contributed by atoms with van der Waals surface area (Å²) in [5.41, 5.74) is 1.58. The number of amides is 1. The van der Waals surface area contributed by atoms with Crippen LogP contribution in [-0.4, -0.2) is 33.2 Å². The molecule has 15 heavy (non-hydrogen) atoms. The largest absolute Gasteiger partial charge is 0.388 e. The van der Waals surface area contributed by atoms with E-state index in [9.17, 15) is 4.79 Å². The lowest BCUT2D eigenvalue weighted by Crippen LogP contribution is -2.26. The maximum Gasteiger partial charge on any atom is 0.251 e. The van der Waals surface area contributed by atoms with Gasteiger partial charge in [-0.3, -0.25) is 4.79 Å². The monoisotopic (exact) mass is 208 g/mol. The lowest BCUT2D eigenvalue weighted by Gasteiger charge is -2.06. The fraction of sp³-hybridized carbons (Fsp3) is 0.364. The van der Waals surface area contributed by atoms with Crippen LogP contribution in [-0.2, 0) is 4.74 Å². The molecule has 0 heterocycles. The van der Waals surface area contributed by atoms with Crippen LogP contribution in [0.25, 0.3) is 0 Å². The maximum atomic E-state index is 11.6. The third-order valence-corrected chi connectivity index (χ3v) is 2.01. The molecular weight excluding hydrogens is 192 g/mol. The van der Waals surface area contributed by atoms with Crippen LogP contribution in [0.15, 0.2) is 24.3 Å². The molecule has 0 saturated heterocycles. The molecule has 0 aromatic heterocycles. The second-order valence-corrected chi connectivity index (χ2v) is 3.08. The van der Waals surface area contributed by atoms with Crippen molar-refractivity contribution < 1.29 is 9.53 Å². The smallest absolute Gasteiger partial charge is 0.251 e. The SMILES string of the molecule is CNc1cccc(C(=O)NCCOC)c1. The summed E-state index contributed by atoms with van der Waals surface area (Å²) in [6, 6.07) is 7.34. The molecule has 0 saturated carbocycles. The molecule has 2 N–H and O–H groups in total. The summed E-state index contributed by atoms with van der Waals surface area (Å²) in [6.07, 6.45) is 0. The molecule has 1 aromatic rings. The first-order valence-corrected chi connectivity index (χ1v) is 4.83. The Kier molecular flexibility index (Phi) is 4.63. The Morgan fingerprint density at radius 2 is 2.27 bits per heavy atom. The quantitative estimate of drug-likeness (QED) is 0.712. The van der Waals surface area contributed by atoms with E-state index in [1.54, 1.807) is 13.2 Å². The highest BCUT2D eigenvalue weighted by molar-refractivity contribution is 5.95. The minimum Gasteiger partial charge on any atom is -0.388 e. The number of ether oxygens (including phenoxy) is 1. The van der Waals surface area contributed by atoms with E-state index in [4.69, 9.17) is 4.74 Å². The predicted molar refractivity (Wildman–Crippen MR) is 60.2 cm³/mol. The summed E-state index contributed by atoms with van der Waals surface area (Å²) < 4.78 is 4.85. The summed E-state index contributed by atoms with van der Waals surface area (Å²) in [7, 11) is 3.43. The van der Waals surface area contributed by atoms with Crippen LogP contribution in [0.2, 0.25) is 0 Å². The molecule has 0 bridgehead atoms. The third-order valence-electron chi connectivity index (χ3n) is 2.01. The summed E-state index contributed by atoms with van der Waals surface area (Å²) in [4.78, 5) is 11.6. The molecule has 4 heteroatoms. The first-order valence-electron chi connectivity index (χ1n) is 4.83. The van der Waals surface area contributed by atoms with E-state index in [1.165, 1.54) is 0 Å². The van der Waals surface area contributed by atoms with E-state index in [0.29, 0.717) is 18.7 Å². The van der Waals surface area contributed by atoms with Crippen LogP contribution in [0.4, 0.5) is 5.69 Å². The molecule has 1 amide bonds. The molecule has 0 spiro atoms. The van der Waals surface area contributed by atoms with Crippen molar-refractivity contribution in [3.05, 3.63) is 29.8 Å². The number of benzene rings is 1. The van der Waals surface area contributed by atoms with Gasteiger partial charge in [-0.1, -0.05) is 6.07 Å². The fourth-order valence-electron chi connectivity index (χ4n) is 1.18. The van der Waals surface area contributed by atoms with Crippen molar-refractivity contribution in [2.75, 3.05) is 32.6 Å². The molecule has 0 fully saturated rings. The molecule has 1 rings (SSSR count). The number of carbonyl (C=O) groups is 1. The van der Waals surface area contributed by atoms with Crippen molar-refractivity contribution >= 4 is 11.6 Å². The average molecular weight is 208 g/mol. The second kappa shape index (κ2) is 6.03. The van der Waals surface area contributed by atoms with E-state index >= 15 is 0 Å². The Balaban J connectivity index is 2.57.